The highest BCUT2D eigenvalue weighted by Gasteiger charge is 2.32. The van der Waals surface area contributed by atoms with Gasteiger partial charge in [-0.2, -0.15) is 0 Å². The van der Waals surface area contributed by atoms with E-state index < -0.39 is 16.0 Å². The average molecular weight is 704 g/mol. The maximum absolute atomic E-state index is 14.8. The number of anilines is 2. The molecule has 49 heavy (non-hydrogen) atoms. The van der Waals surface area contributed by atoms with E-state index >= 15 is 0 Å². The van der Waals surface area contributed by atoms with Crippen molar-refractivity contribution in [2.45, 2.75) is 58.0 Å². The van der Waals surface area contributed by atoms with Gasteiger partial charge in [-0.1, -0.05) is 36.7 Å². The van der Waals surface area contributed by atoms with E-state index in [0.717, 1.165) is 31.6 Å². The van der Waals surface area contributed by atoms with Crippen molar-refractivity contribution in [1.82, 2.24) is 4.90 Å². The molecule has 1 saturated heterocycles. The first kappa shape index (κ1) is 34.1. The van der Waals surface area contributed by atoms with E-state index in [1.165, 1.54) is 16.4 Å². The minimum atomic E-state index is -4.21. The molecule has 256 valence electrons. The zero-order valence-corrected chi connectivity index (χ0v) is 29.2. The van der Waals surface area contributed by atoms with Gasteiger partial charge < -0.3 is 23.7 Å². The Balaban J connectivity index is 1.49. The summed E-state index contributed by atoms with van der Waals surface area (Å²) in [6, 6.07) is 19.1. The van der Waals surface area contributed by atoms with Crippen LogP contribution in [-0.2, 0) is 29.5 Å². The standard InChI is InChI=1S/C37H38ClN3O7S/c1-4-28-33(17-16-32-34(28)24(3)35(48-32)37(43)44)49(45,46)41(5-2)31-21-26(39-18-8-9-19-39)15-14-25(31)22-40(23-27-11-10-20-47-27)36(42)29-12-6-7-13-30(29)38/h6-7,10-17,20-21H,4-5,8-9,18-19,22-23H2,1-3H3,(H,43,44). The van der Waals surface area contributed by atoms with Crippen LogP contribution in [-0.4, -0.2) is 49.9 Å². The van der Waals surface area contributed by atoms with Crippen molar-refractivity contribution < 1.29 is 31.9 Å². The summed E-state index contributed by atoms with van der Waals surface area (Å²) < 4.78 is 42.3. The fourth-order valence-corrected chi connectivity index (χ4v) is 8.70. The van der Waals surface area contributed by atoms with Crippen molar-refractivity contribution in [1.29, 1.82) is 0 Å². The molecular formula is C37H38ClN3O7S. The molecule has 3 aromatic carbocycles. The Bertz CT molecular complexity index is 2120. The number of sulfonamides is 1. The van der Waals surface area contributed by atoms with E-state index in [1.54, 1.807) is 61.4 Å². The van der Waals surface area contributed by atoms with Gasteiger partial charge >= 0.3 is 5.97 Å². The summed E-state index contributed by atoms with van der Waals surface area (Å²) in [5.41, 5.74) is 3.45. The van der Waals surface area contributed by atoms with Gasteiger partial charge in [0.1, 0.15) is 11.3 Å². The molecular weight excluding hydrogens is 666 g/mol. The van der Waals surface area contributed by atoms with Crippen molar-refractivity contribution in [2.75, 3.05) is 28.8 Å². The van der Waals surface area contributed by atoms with Crippen LogP contribution in [0.25, 0.3) is 11.0 Å². The number of fused-ring (bicyclic) bond motifs is 1. The molecule has 0 saturated carbocycles. The van der Waals surface area contributed by atoms with Crippen LogP contribution >= 0.6 is 11.6 Å². The van der Waals surface area contributed by atoms with Crippen LogP contribution in [0.2, 0.25) is 5.02 Å². The predicted molar refractivity (Wildman–Crippen MR) is 189 cm³/mol. The van der Waals surface area contributed by atoms with Crippen molar-refractivity contribution in [3.05, 3.63) is 112 Å². The number of nitrogens with zero attached hydrogens (tertiary/aromatic N) is 3. The van der Waals surface area contributed by atoms with Gasteiger partial charge in [0.2, 0.25) is 5.76 Å². The summed E-state index contributed by atoms with van der Waals surface area (Å²) in [7, 11) is -4.21. The number of aromatic carboxylic acids is 1. The van der Waals surface area contributed by atoms with Crippen LogP contribution in [0.5, 0.6) is 0 Å². The molecule has 2 aromatic heterocycles. The lowest BCUT2D eigenvalue weighted by atomic mass is 10.0. The third-order valence-electron chi connectivity index (χ3n) is 9.05. The van der Waals surface area contributed by atoms with Gasteiger partial charge in [0.05, 0.1) is 34.0 Å². The smallest absolute Gasteiger partial charge is 0.372 e. The number of carboxylic acid groups (broad SMARTS) is 1. The zero-order valence-electron chi connectivity index (χ0n) is 27.6. The third kappa shape index (κ3) is 6.52. The SMILES string of the molecule is CCc1c(S(=O)(=O)N(CC)c2cc(N3CCCC3)ccc2CN(Cc2ccco2)C(=O)c2ccccc2Cl)ccc2oc(C(=O)O)c(C)c12. The van der Waals surface area contributed by atoms with Crippen LogP contribution in [0.3, 0.4) is 0 Å². The summed E-state index contributed by atoms with van der Waals surface area (Å²) in [6.07, 6.45) is 3.95. The fourth-order valence-electron chi connectivity index (χ4n) is 6.68. The van der Waals surface area contributed by atoms with E-state index in [4.69, 9.17) is 20.4 Å². The molecule has 0 bridgehead atoms. The van der Waals surface area contributed by atoms with Crippen molar-refractivity contribution >= 4 is 55.8 Å². The molecule has 0 radical (unpaired) electrons. The number of hydrogen-bond donors (Lipinski definition) is 1. The maximum atomic E-state index is 14.8. The van der Waals surface area contributed by atoms with E-state index in [1.807, 2.05) is 25.1 Å². The number of aryl methyl sites for hydroxylation is 2. The molecule has 10 nitrogen and oxygen atoms in total. The maximum Gasteiger partial charge on any atom is 0.372 e. The molecule has 1 N–H and O–H groups in total. The monoisotopic (exact) mass is 703 g/mol. The van der Waals surface area contributed by atoms with Gasteiger partial charge in [-0.3, -0.25) is 9.10 Å². The van der Waals surface area contributed by atoms with Crippen LogP contribution in [0.15, 0.2) is 86.7 Å². The predicted octanol–water partition coefficient (Wildman–Crippen LogP) is 7.91. The second-order valence-corrected chi connectivity index (χ2v) is 14.3. The van der Waals surface area contributed by atoms with E-state index in [-0.39, 0.29) is 36.2 Å². The molecule has 12 heteroatoms. The number of rotatable bonds is 12. The lowest BCUT2D eigenvalue weighted by Crippen LogP contribution is -2.35. The molecule has 3 heterocycles. The van der Waals surface area contributed by atoms with Crippen LogP contribution in [0.4, 0.5) is 11.4 Å². The lowest BCUT2D eigenvalue weighted by Gasteiger charge is -2.30. The normalized spacial score (nSPS) is 13.3. The highest BCUT2D eigenvalue weighted by molar-refractivity contribution is 7.93. The summed E-state index contributed by atoms with van der Waals surface area (Å²) in [4.78, 5) is 29.8. The van der Waals surface area contributed by atoms with Crippen LogP contribution < -0.4 is 9.21 Å². The summed E-state index contributed by atoms with van der Waals surface area (Å²) in [6.45, 7) is 7.25. The van der Waals surface area contributed by atoms with Gasteiger partial charge in [0.25, 0.3) is 15.9 Å². The number of benzene rings is 3. The fraction of sp³-hybridized carbons (Fsp3) is 0.297. The van der Waals surface area contributed by atoms with E-state index in [9.17, 15) is 23.1 Å². The van der Waals surface area contributed by atoms with Crippen molar-refractivity contribution in [3.63, 3.8) is 0 Å². The number of hydrogen-bond acceptors (Lipinski definition) is 7. The Morgan fingerprint density at radius 3 is 2.39 bits per heavy atom. The summed E-state index contributed by atoms with van der Waals surface area (Å²) in [5.74, 6) is -1.20. The first-order valence-electron chi connectivity index (χ1n) is 16.3. The number of carboxylic acids is 1. The molecule has 1 aliphatic rings. The van der Waals surface area contributed by atoms with Gasteiger partial charge in [-0.05, 0) is 92.8 Å². The van der Waals surface area contributed by atoms with Crippen LogP contribution in [0.1, 0.15) is 70.1 Å². The van der Waals surface area contributed by atoms with Crippen molar-refractivity contribution in [2.24, 2.45) is 0 Å². The molecule has 1 fully saturated rings. The Morgan fingerprint density at radius 1 is 0.980 bits per heavy atom. The second kappa shape index (κ2) is 14.0. The topological polar surface area (TPSA) is 125 Å². The quantitative estimate of drug-likeness (QED) is 0.139. The van der Waals surface area contributed by atoms with Gasteiger partial charge in [-0.25, -0.2) is 13.2 Å². The molecule has 0 atom stereocenters. The summed E-state index contributed by atoms with van der Waals surface area (Å²) >= 11 is 6.47. The lowest BCUT2D eigenvalue weighted by molar-refractivity contribution is 0.0662. The Hall–Kier alpha value is -4.74. The number of amides is 1. The molecule has 0 unspecified atom stereocenters. The van der Waals surface area contributed by atoms with E-state index in [2.05, 4.69) is 4.90 Å². The molecule has 1 amide bonds. The van der Waals surface area contributed by atoms with Gasteiger partial charge in [0, 0.05) is 42.8 Å². The molecule has 0 spiro atoms. The summed E-state index contributed by atoms with van der Waals surface area (Å²) in [5, 5.41) is 10.5. The molecule has 0 aliphatic carbocycles. The minimum Gasteiger partial charge on any atom is -0.475 e. The van der Waals surface area contributed by atoms with Crippen LogP contribution in [0, 0.1) is 6.92 Å². The number of halogens is 1. The molecule has 5 aromatic rings. The zero-order chi connectivity index (χ0) is 34.9. The minimum absolute atomic E-state index is 0.0644. The molecule has 1 aliphatic heterocycles. The number of furan rings is 2. The Kier molecular flexibility index (Phi) is 9.76. The molecule has 6 rings (SSSR count). The van der Waals surface area contributed by atoms with Gasteiger partial charge in [0.15, 0.2) is 0 Å². The second-order valence-electron chi connectivity index (χ2n) is 12.0. The highest BCUT2D eigenvalue weighted by Crippen LogP contribution is 2.38. The van der Waals surface area contributed by atoms with Crippen molar-refractivity contribution in [3.8, 4) is 0 Å². The average Bonchev–Trinajstić information content (AvgIpc) is 3.87. The highest BCUT2D eigenvalue weighted by atomic mass is 35.5. The first-order valence-corrected chi connectivity index (χ1v) is 18.1. The first-order chi connectivity index (χ1) is 23.5. The number of carbonyl (C=O) groups excluding carboxylic acids is 1. The Labute approximate surface area is 290 Å². The Morgan fingerprint density at radius 2 is 1.73 bits per heavy atom. The third-order valence-corrected chi connectivity index (χ3v) is 11.4. The largest absolute Gasteiger partial charge is 0.475 e. The van der Waals surface area contributed by atoms with Gasteiger partial charge in [-0.15, -0.1) is 0 Å². The number of carbonyl (C=O) groups is 2. The van der Waals surface area contributed by atoms with E-state index in [0.29, 0.717) is 56.1 Å².